The topological polar surface area (TPSA) is 61.8 Å². The summed E-state index contributed by atoms with van der Waals surface area (Å²) >= 11 is 0. The van der Waals surface area contributed by atoms with E-state index >= 15 is 0 Å². The van der Waals surface area contributed by atoms with Crippen LogP contribution in [0.5, 0.6) is 5.75 Å². The van der Waals surface area contributed by atoms with Crippen LogP contribution < -0.4 is 4.74 Å². The van der Waals surface area contributed by atoms with Crippen molar-refractivity contribution in [2.75, 3.05) is 13.2 Å². The molecule has 0 atom stereocenters. The highest BCUT2D eigenvalue weighted by molar-refractivity contribution is 5.90. The van der Waals surface area contributed by atoms with Gasteiger partial charge < -0.3 is 14.2 Å². The van der Waals surface area contributed by atoms with Crippen LogP contribution >= 0.6 is 0 Å². The third-order valence-corrected chi connectivity index (χ3v) is 6.19. The molecule has 0 saturated carbocycles. The molecule has 0 saturated heterocycles. The lowest BCUT2D eigenvalue weighted by atomic mass is 9.91. The molecule has 22 heteroatoms. The molecule has 0 radical (unpaired) electrons. The molecular formula is C28H17F17O5. The molecule has 50 heavy (non-hydrogen) atoms. The number of carbonyl (C=O) groups excluding carboxylic acids is 2. The molecule has 2 aromatic carbocycles. The van der Waals surface area contributed by atoms with E-state index in [1.165, 1.54) is 31.2 Å². The highest BCUT2D eigenvalue weighted by atomic mass is 19.4. The van der Waals surface area contributed by atoms with Gasteiger partial charge in [-0.05, 0) is 42.3 Å². The van der Waals surface area contributed by atoms with Crippen molar-refractivity contribution in [2.24, 2.45) is 0 Å². The first kappa shape index (κ1) is 41.6. The Morgan fingerprint density at radius 3 is 1.44 bits per heavy atom. The van der Waals surface area contributed by atoms with Gasteiger partial charge in [0, 0.05) is 5.57 Å². The Bertz CT molecular complexity index is 1600. The minimum atomic E-state index is -8.68. The highest BCUT2D eigenvalue weighted by Crippen LogP contribution is 2.63. The van der Waals surface area contributed by atoms with E-state index in [1.54, 1.807) is 0 Å². The van der Waals surface area contributed by atoms with Gasteiger partial charge in [0.1, 0.15) is 19.0 Å². The fourth-order valence-electron chi connectivity index (χ4n) is 3.37. The molecular weight excluding hydrogens is 739 g/mol. The van der Waals surface area contributed by atoms with Crippen molar-refractivity contribution >= 4 is 11.9 Å². The fourth-order valence-corrected chi connectivity index (χ4v) is 3.37. The van der Waals surface area contributed by atoms with E-state index in [-0.39, 0.29) is 35.5 Å². The Balaban J connectivity index is 2.25. The number of hydrogen-bond donors (Lipinski definition) is 0. The summed E-state index contributed by atoms with van der Waals surface area (Å²) in [6, 6.07) is 4.46. The van der Waals surface area contributed by atoms with E-state index < -0.39 is 71.2 Å². The van der Waals surface area contributed by atoms with Gasteiger partial charge in [-0.15, -0.1) is 0 Å². The van der Waals surface area contributed by atoms with Gasteiger partial charge in [-0.3, -0.25) is 0 Å². The largest absolute Gasteiger partial charge is 0.460 e. The van der Waals surface area contributed by atoms with Crippen molar-refractivity contribution in [1.29, 1.82) is 0 Å². The number of hydrogen-bond acceptors (Lipinski definition) is 5. The first-order valence-electron chi connectivity index (χ1n) is 12.8. The molecule has 0 aliphatic carbocycles. The molecule has 0 heterocycles. The van der Waals surface area contributed by atoms with E-state index in [2.05, 4.69) is 11.3 Å². The van der Waals surface area contributed by atoms with E-state index in [0.29, 0.717) is 12.1 Å². The summed E-state index contributed by atoms with van der Waals surface area (Å²) in [5.74, 6) is -57.2. The van der Waals surface area contributed by atoms with Crippen LogP contribution in [0, 0.1) is 0 Å². The molecule has 2 aromatic rings. The minimum Gasteiger partial charge on any atom is -0.459 e. The summed E-state index contributed by atoms with van der Waals surface area (Å²) in [6.45, 7) is 4.09. The molecule has 0 amide bonds. The fraction of sp³-hybridized carbons (Fsp3) is 0.357. The molecule has 2 rings (SSSR count). The lowest BCUT2D eigenvalue weighted by Gasteiger charge is -2.41. The monoisotopic (exact) mass is 756 g/mol. The number of benzene rings is 2. The second-order valence-corrected chi connectivity index (χ2v) is 9.79. The predicted octanol–water partition coefficient (Wildman–Crippen LogP) is 9.49. The summed E-state index contributed by atoms with van der Waals surface area (Å²) in [4.78, 5) is 23.3. The molecule has 0 bridgehead atoms. The molecule has 5 nitrogen and oxygen atoms in total. The number of rotatable bonds is 14. The standard InChI is InChI=1S/C28H17F17O5/c1-13(2)20(46)48-11-12-49-21(47)16-5-3-14(4-6-16)15-7-9-17(10-8-15)50-19(30)18(29)22(31,32)23(33,34)24(35,36)25(37,38)26(39,40)27(41,42)28(43,44)45/h3-10H,1,11-12H2,2H3. The number of carbonyl (C=O) groups is 2. The van der Waals surface area contributed by atoms with Gasteiger partial charge in [0.2, 0.25) is 5.83 Å². The second kappa shape index (κ2) is 14.0. The molecule has 278 valence electrons. The molecule has 0 unspecified atom stereocenters. The van der Waals surface area contributed by atoms with Crippen LogP contribution in [0.1, 0.15) is 17.3 Å². The van der Waals surface area contributed by atoms with Gasteiger partial charge in [-0.2, -0.15) is 74.6 Å². The number of ether oxygens (including phenoxy) is 3. The van der Waals surface area contributed by atoms with Crippen molar-refractivity contribution in [3.8, 4) is 16.9 Å². The summed E-state index contributed by atoms with van der Waals surface area (Å²) < 4.78 is 241. The summed E-state index contributed by atoms with van der Waals surface area (Å²) in [5.41, 5.74) is 0.441. The molecule has 0 N–H and O–H groups in total. The Kier molecular flexibility index (Phi) is 11.7. The van der Waals surface area contributed by atoms with Crippen molar-refractivity contribution in [1.82, 2.24) is 0 Å². The predicted molar refractivity (Wildman–Crippen MR) is 134 cm³/mol. The number of halogens is 17. The van der Waals surface area contributed by atoms with Gasteiger partial charge in [0.25, 0.3) is 0 Å². The van der Waals surface area contributed by atoms with Crippen LogP contribution in [-0.4, -0.2) is 66.9 Å². The van der Waals surface area contributed by atoms with Crippen LogP contribution in [0.3, 0.4) is 0 Å². The summed E-state index contributed by atoms with van der Waals surface area (Å²) in [5, 5.41) is 0. The van der Waals surface area contributed by atoms with Crippen LogP contribution in [-0.2, 0) is 14.3 Å². The van der Waals surface area contributed by atoms with E-state index in [4.69, 9.17) is 9.47 Å². The smallest absolute Gasteiger partial charge is 0.459 e. The molecule has 0 spiro atoms. The lowest BCUT2D eigenvalue weighted by Crippen LogP contribution is -2.72. The van der Waals surface area contributed by atoms with E-state index in [1.807, 2.05) is 0 Å². The average Bonchev–Trinajstić information content (AvgIpc) is 3.01. The Labute approximate surface area is 267 Å². The lowest BCUT2D eigenvalue weighted by molar-refractivity contribution is -0.451. The summed E-state index contributed by atoms with van der Waals surface area (Å²) in [6.07, 6.45) is -7.82. The second-order valence-electron chi connectivity index (χ2n) is 9.79. The maximum Gasteiger partial charge on any atom is 0.460 e. The molecule has 0 fully saturated rings. The molecule has 0 aliphatic heterocycles. The first-order valence-corrected chi connectivity index (χ1v) is 12.8. The Hall–Kier alpha value is -4.53. The van der Waals surface area contributed by atoms with Gasteiger partial charge in [0.15, 0.2) is 0 Å². The van der Waals surface area contributed by atoms with Crippen LogP contribution in [0.15, 0.2) is 72.5 Å². The average molecular weight is 756 g/mol. The Morgan fingerprint density at radius 1 is 0.600 bits per heavy atom. The highest BCUT2D eigenvalue weighted by Gasteiger charge is 2.93. The van der Waals surface area contributed by atoms with Gasteiger partial charge in [-0.1, -0.05) is 30.8 Å². The molecule has 0 aromatic heterocycles. The van der Waals surface area contributed by atoms with Crippen molar-refractivity contribution in [3.63, 3.8) is 0 Å². The van der Waals surface area contributed by atoms with Gasteiger partial charge in [0.05, 0.1) is 5.56 Å². The number of alkyl halides is 15. The van der Waals surface area contributed by atoms with E-state index in [9.17, 15) is 84.2 Å². The SMILES string of the molecule is C=C(C)C(=O)OCCOC(=O)c1ccc(-c2ccc(OC(F)=C(F)C(F)(F)C(F)(F)C(F)(F)C(F)(F)C(F)(F)C(F)(F)C(F)(F)F)cc2)cc1. The van der Waals surface area contributed by atoms with Crippen molar-refractivity contribution in [3.05, 3.63) is 78.1 Å². The quantitative estimate of drug-likeness (QED) is 0.0632. The van der Waals surface area contributed by atoms with Gasteiger partial charge >= 0.3 is 59.7 Å². The third-order valence-electron chi connectivity index (χ3n) is 6.19. The first-order chi connectivity index (χ1) is 22.5. The van der Waals surface area contributed by atoms with Crippen LogP contribution in [0.4, 0.5) is 74.6 Å². The number of esters is 2. The zero-order valence-corrected chi connectivity index (χ0v) is 24.2. The third kappa shape index (κ3) is 7.47. The van der Waals surface area contributed by atoms with Crippen molar-refractivity contribution in [2.45, 2.75) is 48.6 Å². The minimum absolute atomic E-state index is 0.0264. The maximum absolute atomic E-state index is 14.0. The maximum atomic E-state index is 14.0. The van der Waals surface area contributed by atoms with Crippen LogP contribution in [0.25, 0.3) is 11.1 Å². The normalized spacial score (nSPS) is 14.1. The Morgan fingerprint density at radius 2 is 1.00 bits per heavy atom. The zero-order chi connectivity index (χ0) is 38.9. The van der Waals surface area contributed by atoms with Gasteiger partial charge in [-0.25, -0.2) is 9.59 Å². The zero-order valence-electron chi connectivity index (χ0n) is 24.2. The van der Waals surface area contributed by atoms with Crippen molar-refractivity contribution < 1.29 is 98.4 Å². The van der Waals surface area contributed by atoms with E-state index in [0.717, 1.165) is 12.1 Å². The molecule has 0 aliphatic rings. The summed E-state index contributed by atoms with van der Waals surface area (Å²) in [7, 11) is 0. The number of allylic oxidation sites excluding steroid dienone is 1. The van der Waals surface area contributed by atoms with Crippen LogP contribution in [0.2, 0.25) is 0 Å².